The topological polar surface area (TPSA) is 38.3 Å². The molecule has 0 radical (unpaired) electrons. The Hall–Kier alpha value is -2.81. The third-order valence-corrected chi connectivity index (χ3v) is 2.98. The van der Waals surface area contributed by atoms with Crippen LogP contribution in [-0.4, -0.2) is 12.5 Å². The first-order valence-electron chi connectivity index (χ1n) is 7.11. The van der Waals surface area contributed by atoms with Gasteiger partial charge in [-0.3, -0.25) is 4.79 Å². The first-order chi connectivity index (χ1) is 10.8. The highest BCUT2D eigenvalue weighted by Gasteiger charge is 1.96. The highest BCUT2D eigenvalue weighted by Crippen LogP contribution is 2.15. The number of nitrogens with one attached hydrogen (secondary N) is 1. The normalized spacial score (nSPS) is 10.4. The van der Waals surface area contributed by atoms with Crippen molar-refractivity contribution in [2.45, 2.75) is 6.61 Å². The molecule has 0 aliphatic carbocycles. The molecule has 0 saturated carbocycles. The monoisotopic (exact) mass is 293 g/mol. The number of carbonyl (C=O) groups is 1. The van der Waals surface area contributed by atoms with Crippen LogP contribution < -0.4 is 10.1 Å². The third-order valence-electron chi connectivity index (χ3n) is 2.98. The van der Waals surface area contributed by atoms with Gasteiger partial charge in [0, 0.05) is 12.6 Å². The molecule has 0 bridgehead atoms. The Balaban J connectivity index is 1.86. The van der Waals surface area contributed by atoms with Crippen molar-refractivity contribution in [2.24, 2.45) is 0 Å². The predicted octanol–water partition coefficient (Wildman–Crippen LogP) is 3.58. The molecule has 3 heteroatoms. The van der Waals surface area contributed by atoms with Gasteiger partial charge in [-0.15, -0.1) is 6.58 Å². The van der Waals surface area contributed by atoms with Gasteiger partial charge in [0.1, 0.15) is 12.4 Å². The molecule has 0 heterocycles. The van der Waals surface area contributed by atoms with Crippen LogP contribution in [0, 0.1) is 0 Å². The van der Waals surface area contributed by atoms with Crippen LogP contribution in [0.5, 0.6) is 5.75 Å². The number of hydrogen-bond acceptors (Lipinski definition) is 2. The molecule has 0 aromatic heterocycles. The van der Waals surface area contributed by atoms with E-state index in [0.29, 0.717) is 13.2 Å². The molecule has 0 fully saturated rings. The van der Waals surface area contributed by atoms with E-state index in [1.807, 2.05) is 54.6 Å². The quantitative estimate of drug-likeness (QED) is 0.626. The Labute approximate surface area is 130 Å². The van der Waals surface area contributed by atoms with Crippen LogP contribution in [0.3, 0.4) is 0 Å². The zero-order valence-electron chi connectivity index (χ0n) is 12.4. The molecule has 2 rings (SSSR count). The molecule has 3 nitrogen and oxygen atoms in total. The minimum atomic E-state index is -0.135. The molecule has 22 heavy (non-hydrogen) atoms. The van der Waals surface area contributed by atoms with Crippen LogP contribution in [0.15, 0.2) is 73.3 Å². The second-order valence-electron chi connectivity index (χ2n) is 4.71. The van der Waals surface area contributed by atoms with Gasteiger partial charge in [0.2, 0.25) is 5.91 Å². The highest BCUT2D eigenvalue weighted by molar-refractivity contribution is 5.91. The SMILES string of the molecule is C=CCNC(=O)C=Cc1ccc(OCc2ccccc2)cc1. The fourth-order valence-corrected chi connectivity index (χ4v) is 1.82. The van der Waals surface area contributed by atoms with Crippen molar-refractivity contribution in [3.63, 3.8) is 0 Å². The number of ether oxygens (including phenoxy) is 1. The molecule has 0 aliphatic rings. The summed E-state index contributed by atoms with van der Waals surface area (Å²) in [5, 5.41) is 2.68. The molecule has 0 saturated heterocycles. The van der Waals surface area contributed by atoms with E-state index in [4.69, 9.17) is 4.74 Å². The summed E-state index contributed by atoms with van der Waals surface area (Å²) in [6, 6.07) is 17.6. The van der Waals surface area contributed by atoms with E-state index in [9.17, 15) is 4.79 Å². The Morgan fingerprint density at radius 1 is 1.09 bits per heavy atom. The maximum absolute atomic E-state index is 11.4. The lowest BCUT2D eigenvalue weighted by Crippen LogP contribution is -2.20. The van der Waals surface area contributed by atoms with Crippen LogP contribution in [0.4, 0.5) is 0 Å². The second kappa shape index (κ2) is 8.47. The largest absolute Gasteiger partial charge is 0.489 e. The molecule has 0 aliphatic heterocycles. The Kier molecular flexibility index (Phi) is 6.00. The smallest absolute Gasteiger partial charge is 0.244 e. The van der Waals surface area contributed by atoms with Gasteiger partial charge in [-0.25, -0.2) is 0 Å². The maximum atomic E-state index is 11.4. The number of carbonyl (C=O) groups excluding carboxylic acids is 1. The van der Waals surface area contributed by atoms with Gasteiger partial charge in [0.05, 0.1) is 0 Å². The average molecular weight is 293 g/mol. The maximum Gasteiger partial charge on any atom is 0.244 e. The number of amides is 1. The molecule has 0 atom stereocenters. The van der Waals surface area contributed by atoms with E-state index in [1.54, 1.807) is 12.2 Å². The summed E-state index contributed by atoms with van der Waals surface area (Å²) in [6.45, 7) is 4.56. The van der Waals surface area contributed by atoms with Gasteiger partial charge in [-0.1, -0.05) is 48.5 Å². The van der Waals surface area contributed by atoms with Gasteiger partial charge in [-0.05, 0) is 29.3 Å². The predicted molar refractivity (Wildman–Crippen MR) is 89.5 cm³/mol. The molecule has 0 unspecified atom stereocenters. The Morgan fingerprint density at radius 2 is 1.82 bits per heavy atom. The molecule has 112 valence electrons. The van der Waals surface area contributed by atoms with Crippen molar-refractivity contribution < 1.29 is 9.53 Å². The summed E-state index contributed by atoms with van der Waals surface area (Å²) in [6.07, 6.45) is 4.91. The summed E-state index contributed by atoms with van der Waals surface area (Å²) >= 11 is 0. The molecule has 2 aromatic carbocycles. The summed E-state index contributed by atoms with van der Waals surface area (Å²) < 4.78 is 5.71. The summed E-state index contributed by atoms with van der Waals surface area (Å²) in [4.78, 5) is 11.4. The molecule has 1 amide bonds. The first-order valence-corrected chi connectivity index (χ1v) is 7.11. The van der Waals surface area contributed by atoms with Crippen molar-refractivity contribution in [2.75, 3.05) is 6.54 Å². The minimum absolute atomic E-state index is 0.135. The average Bonchev–Trinajstić information content (AvgIpc) is 2.58. The zero-order valence-corrected chi connectivity index (χ0v) is 12.4. The molecular formula is C19H19NO2. The molecular weight excluding hydrogens is 274 g/mol. The standard InChI is InChI=1S/C19H19NO2/c1-2-14-20-19(21)13-10-16-8-11-18(12-9-16)22-15-17-6-4-3-5-7-17/h2-13H,1,14-15H2,(H,20,21). The van der Waals surface area contributed by atoms with Crippen molar-refractivity contribution in [1.29, 1.82) is 0 Å². The van der Waals surface area contributed by atoms with Crippen molar-refractivity contribution >= 4 is 12.0 Å². The van der Waals surface area contributed by atoms with E-state index in [1.165, 1.54) is 6.08 Å². The van der Waals surface area contributed by atoms with Gasteiger partial charge >= 0.3 is 0 Å². The Bertz CT molecular complexity index is 630. The fourth-order valence-electron chi connectivity index (χ4n) is 1.82. The summed E-state index contributed by atoms with van der Waals surface area (Å²) in [7, 11) is 0. The Morgan fingerprint density at radius 3 is 2.50 bits per heavy atom. The third kappa shape index (κ3) is 5.29. The van der Waals surface area contributed by atoms with Gasteiger partial charge in [0.15, 0.2) is 0 Å². The molecule has 2 aromatic rings. The van der Waals surface area contributed by atoms with E-state index < -0.39 is 0 Å². The molecule has 1 N–H and O–H groups in total. The van der Waals surface area contributed by atoms with Crippen molar-refractivity contribution in [1.82, 2.24) is 5.32 Å². The van der Waals surface area contributed by atoms with Gasteiger partial charge in [0.25, 0.3) is 0 Å². The van der Waals surface area contributed by atoms with E-state index in [2.05, 4.69) is 11.9 Å². The fraction of sp³-hybridized carbons (Fsp3) is 0.105. The minimum Gasteiger partial charge on any atom is -0.489 e. The van der Waals surface area contributed by atoms with Gasteiger partial charge in [-0.2, -0.15) is 0 Å². The van der Waals surface area contributed by atoms with Crippen molar-refractivity contribution in [3.8, 4) is 5.75 Å². The van der Waals surface area contributed by atoms with E-state index >= 15 is 0 Å². The molecule has 0 spiro atoms. The van der Waals surface area contributed by atoms with Crippen molar-refractivity contribution in [3.05, 3.63) is 84.5 Å². The van der Waals surface area contributed by atoms with Crippen LogP contribution in [0.1, 0.15) is 11.1 Å². The lowest BCUT2D eigenvalue weighted by atomic mass is 10.2. The van der Waals surface area contributed by atoms with Crippen LogP contribution in [0.25, 0.3) is 6.08 Å². The summed E-state index contributed by atoms with van der Waals surface area (Å²) in [5.74, 6) is 0.668. The second-order valence-corrected chi connectivity index (χ2v) is 4.71. The van der Waals surface area contributed by atoms with Crippen LogP contribution >= 0.6 is 0 Å². The number of rotatable bonds is 7. The first kappa shape index (κ1) is 15.6. The number of hydrogen-bond donors (Lipinski definition) is 1. The van der Waals surface area contributed by atoms with E-state index in [-0.39, 0.29) is 5.91 Å². The summed E-state index contributed by atoms with van der Waals surface area (Å²) in [5.41, 5.74) is 2.08. The van der Waals surface area contributed by atoms with Gasteiger partial charge < -0.3 is 10.1 Å². The lowest BCUT2D eigenvalue weighted by Gasteiger charge is -2.06. The van der Waals surface area contributed by atoms with Crippen LogP contribution in [-0.2, 0) is 11.4 Å². The van der Waals surface area contributed by atoms with E-state index in [0.717, 1.165) is 16.9 Å². The van der Waals surface area contributed by atoms with Crippen LogP contribution in [0.2, 0.25) is 0 Å². The highest BCUT2D eigenvalue weighted by atomic mass is 16.5. The lowest BCUT2D eigenvalue weighted by molar-refractivity contribution is -0.116. The zero-order chi connectivity index (χ0) is 15.6. The number of benzene rings is 2.